The summed E-state index contributed by atoms with van der Waals surface area (Å²) in [6.07, 6.45) is 6.09. The molecule has 1 aromatic heterocycles. The molecule has 2 saturated carbocycles. The van der Waals surface area contributed by atoms with Gasteiger partial charge in [0.25, 0.3) is 0 Å². The van der Waals surface area contributed by atoms with Gasteiger partial charge in [0, 0.05) is 11.8 Å². The molecule has 0 unspecified atom stereocenters. The Balaban J connectivity index is 1.77. The molecule has 0 saturated heterocycles. The number of carbonyl (C=O) groups excluding carboxylic acids is 1. The first-order valence-electron chi connectivity index (χ1n) is 6.70. The second-order valence-corrected chi connectivity index (χ2v) is 6.28. The van der Waals surface area contributed by atoms with Gasteiger partial charge in [-0.25, -0.2) is 9.78 Å². The highest BCUT2D eigenvalue weighted by Gasteiger charge is 2.30. The third kappa shape index (κ3) is 2.36. The molecule has 6 heteroatoms. The second kappa shape index (κ2) is 4.92. The summed E-state index contributed by atoms with van der Waals surface area (Å²) in [4.78, 5) is 27.7. The van der Waals surface area contributed by atoms with Crippen molar-refractivity contribution in [3.8, 4) is 0 Å². The third-order valence-corrected chi connectivity index (χ3v) is 5.02. The van der Waals surface area contributed by atoms with Crippen molar-refractivity contribution in [2.45, 2.75) is 44.4 Å². The lowest BCUT2D eigenvalue weighted by atomic mass is 9.82. The van der Waals surface area contributed by atoms with Gasteiger partial charge in [-0.3, -0.25) is 4.79 Å². The Bertz CT molecular complexity index is 518. The van der Waals surface area contributed by atoms with Gasteiger partial charge in [0.05, 0.1) is 5.69 Å². The average Bonchev–Trinajstić information content (AvgIpc) is 2.55. The zero-order valence-electron chi connectivity index (χ0n) is 10.5. The van der Waals surface area contributed by atoms with E-state index in [9.17, 15) is 14.7 Å². The maximum absolute atomic E-state index is 11.8. The molecule has 2 N–H and O–H groups in total. The smallest absolute Gasteiger partial charge is 0.347 e. The molecule has 2 fully saturated rings. The van der Waals surface area contributed by atoms with Gasteiger partial charge >= 0.3 is 5.97 Å². The number of aromatic carboxylic acids is 1. The van der Waals surface area contributed by atoms with Gasteiger partial charge in [0.2, 0.25) is 5.91 Å². The summed E-state index contributed by atoms with van der Waals surface area (Å²) in [6, 6.07) is 0. The van der Waals surface area contributed by atoms with Crippen LogP contribution in [0.3, 0.4) is 0 Å². The number of aromatic nitrogens is 1. The maximum atomic E-state index is 11.8. The molecule has 1 amide bonds. The lowest BCUT2D eigenvalue weighted by Crippen LogP contribution is -2.28. The van der Waals surface area contributed by atoms with E-state index >= 15 is 0 Å². The van der Waals surface area contributed by atoms with E-state index < -0.39 is 5.97 Å². The molecule has 5 nitrogen and oxygen atoms in total. The van der Waals surface area contributed by atoms with Crippen molar-refractivity contribution in [2.24, 2.45) is 5.92 Å². The average molecular weight is 280 g/mol. The van der Waals surface area contributed by atoms with Crippen LogP contribution in [0.15, 0.2) is 0 Å². The Kier molecular flexibility index (Phi) is 3.26. The largest absolute Gasteiger partial charge is 0.477 e. The van der Waals surface area contributed by atoms with Crippen LogP contribution in [0.4, 0.5) is 5.13 Å². The van der Waals surface area contributed by atoms with Gasteiger partial charge in [0.15, 0.2) is 5.13 Å². The van der Waals surface area contributed by atoms with Crippen molar-refractivity contribution in [1.29, 1.82) is 0 Å². The topological polar surface area (TPSA) is 79.3 Å². The molecule has 0 aromatic carbocycles. The summed E-state index contributed by atoms with van der Waals surface area (Å²) in [5.74, 6) is -0.610. The molecule has 2 aliphatic carbocycles. The van der Waals surface area contributed by atoms with Crippen LogP contribution in [-0.2, 0) is 4.79 Å². The number of nitrogens with one attached hydrogen (secondary N) is 1. The zero-order valence-corrected chi connectivity index (χ0v) is 11.3. The summed E-state index contributed by atoms with van der Waals surface area (Å²) in [5.41, 5.74) is 0.660. The first-order valence-corrected chi connectivity index (χ1v) is 7.51. The lowest BCUT2D eigenvalue weighted by Gasteiger charge is -2.24. The van der Waals surface area contributed by atoms with E-state index in [2.05, 4.69) is 10.3 Å². The number of hydrogen-bond acceptors (Lipinski definition) is 4. The van der Waals surface area contributed by atoms with E-state index in [1.807, 2.05) is 0 Å². The molecule has 0 radical (unpaired) electrons. The van der Waals surface area contributed by atoms with Crippen molar-refractivity contribution in [1.82, 2.24) is 4.98 Å². The normalized spacial score (nSPS) is 19.6. The van der Waals surface area contributed by atoms with E-state index in [4.69, 9.17) is 0 Å². The number of thiazole rings is 1. The summed E-state index contributed by atoms with van der Waals surface area (Å²) in [6.45, 7) is 0. The quantitative estimate of drug-likeness (QED) is 0.888. The number of carboxylic acids is 1. The molecule has 0 spiro atoms. The Morgan fingerprint density at radius 1 is 1.21 bits per heavy atom. The van der Waals surface area contributed by atoms with Crippen LogP contribution >= 0.6 is 11.3 Å². The zero-order chi connectivity index (χ0) is 13.4. The van der Waals surface area contributed by atoms with Crippen LogP contribution in [0.1, 0.15) is 59.8 Å². The molecule has 19 heavy (non-hydrogen) atoms. The molecule has 2 aliphatic rings. The molecular weight excluding hydrogens is 264 g/mol. The molecule has 0 aliphatic heterocycles. The summed E-state index contributed by atoms with van der Waals surface area (Å²) in [5, 5.41) is 12.4. The predicted octanol–water partition coefficient (Wildman–Crippen LogP) is 2.85. The highest BCUT2D eigenvalue weighted by Crippen LogP contribution is 2.40. The van der Waals surface area contributed by atoms with Crippen LogP contribution in [0.2, 0.25) is 0 Å². The van der Waals surface area contributed by atoms with Crippen LogP contribution in [0, 0.1) is 5.92 Å². The summed E-state index contributed by atoms with van der Waals surface area (Å²) in [7, 11) is 0. The van der Waals surface area contributed by atoms with Crippen LogP contribution in [-0.4, -0.2) is 22.0 Å². The van der Waals surface area contributed by atoms with Crippen molar-refractivity contribution < 1.29 is 14.7 Å². The number of hydrogen-bond donors (Lipinski definition) is 2. The van der Waals surface area contributed by atoms with E-state index in [0.717, 1.165) is 49.9 Å². The highest BCUT2D eigenvalue weighted by molar-refractivity contribution is 7.17. The standard InChI is InChI=1S/C13H16N2O3S/c16-11(8-5-2-6-8)15-13-14-9(7-3-1-4-7)10(19-13)12(17)18/h7-8H,1-6H2,(H,17,18)(H,14,15,16). The number of carbonyl (C=O) groups is 2. The Hall–Kier alpha value is -1.43. The number of nitrogens with zero attached hydrogens (tertiary/aromatic N) is 1. The van der Waals surface area contributed by atoms with Gasteiger partial charge in [0.1, 0.15) is 4.88 Å². The maximum Gasteiger partial charge on any atom is 0.347 e. The summed E-state index contributed by atoms with van der Waals surface area (Å²) >= 11 is 1.08. The number of amides is 1. The van der Waals surface area contributed by atoms with Gasteiger partial charge < -0.3 is 10.4 Å². The van der Waals surface area contributed by atoms with E-state index in [1.165, 1.54) is 0 Å². The minimum absolute atomic E-state index is 0.0166. The minimum Gasteiger partial charge on any atom is -0.477 e. The Morgan fingerprint density at radius 3 is 2.37 bits per heavy atom. The SMILES string of the molecule is O=C(O)c1sc(NC(=O)C2CCC2)nc1C1CCC1. The fraction of sp³-hybridized carbons (Fsp3) is 0.615. The first-order chi connectivity index (χ1) is 9.15. The van der Waals surface area contributed by atoms with Crippen molar-refractivity contribution >= 4 is 28.3 Å². The third-order valence-electron chi connectivity index (χ3n) is 4.05. The fourth-order valence-corrected chi connectivity index (χ4v) is 3.27. The number of rotatable bonds is 4. The van der Waals surface area contributed by atoms with Crippen molar-refractivity contribution in [3.05, 3.63) is 10.6 Å². The summed E-state index contributed by atoms with van der Waals surface area (Å²) < 4.78 is 0. The number of anilines is 1. The van der Waals surface area contributed by atoms with Crippen molar-refractivity contribution in [3.63, 3.8) is 0 Å². The highest BCUT2D eigenvalue weighted by atomic mass is 32.1. The van der Waals surface area contributed by atoms with Crippen LogP contribution in [0.25, 0.3) is 0 Å². The molecule has 0 atom stereocenters. The van der Waals surface area contributed by atoms with Crippen molar-refractivity contribution in [2.75, 3.05) is 5.32 Å². The fourth-order valence-electron chi connectivity index (χ4n) is 2.37. The van der Waals surface area contributed by atoms with Crippen LogP contribution < -0.4 is 5.32 Å². The lowest BCUT2D eigenvalue weighted by molar-refractivity contribution is -0.122. The van der Waals surface area contributed by atoms with Gasteiger partial charge in [-0.2, -0.15) is 0 Å². The first kappa shape index (κ1) is 12.6. The van der Waals surface area contributed by atoms with Crippen LogP contribution in [0.5, 0.6) is 0 Å². The molecule has 102 valence electrons. The molecule has 1 heterocycles. The van der Waals surface area contributed by atoms with Gasteiger partial charge in [-0.15, -0.1) is 0 Å². The van der Waals surface area contributed by atoms with E-state index in [0.29, 0.717) is 10.8 Å². The molecule has 0 bridgehead atoms. The minimum atomic E-state index is -0.941. The molecular formula is C13H16N2O3S. The predicted molar refractivity (Wildman–Crippen MR) is 71.6 cm³/mol. The molecule has 1 aromatic rings. The van der Waals surface area contributed by atoms with E-state index in [-0.39, 0.29) is 22.6 Å². The second-order valence-electron chi connectivity index (χ2n) is 5.28. The Morgan fingerprint density at radius 2 is 1.89 bits per heavy atom. The monoisotopic (exact) mass is 280 g/mol. The van der Waals surface area contributed by atoms with Gasteiger partial charge in [-0.1, -0.05) is 24.2 Å². The molecule has 3 rings (SSSR count). The van der Waals surface area contributed by atoms with E-state index in [1.54, 1.807) is 0 Å². The number of carboxylic acid groups (broad SMARTS) is 1. The van der Waals surface area contributed by atoms with Gasteiger partial charge in [-0.05, 0) is 25.7 Å². The Labute approximate surface area is 115 Å².